The van der Waals surface area contributed by atoms with Crippen molar-refractivity contribution < 1.29 is 9.53 Å². The summed E-state index contributed by atoms with van der Waals surface area (Å²) >= 11 is 1.36. The van der Waals surface area contributed by atoms with E-state index in [2.05, 4.69) is 20.3 Å². The van der Waals surface area contributed by atoms with E-state index in [0.717, 1.165) is 34.0 Å². The molecule has 4 aromatic rings. The van der Waals surface area contributed by atoms with Gasteiger partial charge in [0.15, 0.2) is 5.13 Å². The number of hydrogen-bond donors (Lipinski definition) is 1. The van der Waals surface area contributed by atoms with E-state index in [-0.39, 0.29) is 5.91 Å². The van der Waals surface area contributed by atoms with Crippen molar-refractivity contribution in [1.82, 2.24) is 15.0 Å². The minimum atomic E-state index is -0.258. The topological polar surface area (TPSA) is 77.0 Å². The fourth-order valence-electron chi connectivity index (χ4n) is 3.13. The molecular weight excluding hydrogens is 396 g/mol. The molecule has 0 unspecified atom stereocenters. The molecule has 0 aliphatic heterocycles. The Kier molecular flexibility index (Phi) is 5.54. The Morgan fingerprint density at radius 3 is 2.67 bits per heavy atom. The van der Waals surface area contributed by atoms with Crippen LogP contribution in [0.4, 0.5) is 5.13 Å². The number of carbonyl (C=O) groups is 1. The Morgan fingerprint density at radius 1 is 1.03 bits per heavy atom. The number of aromatic nitrogens is 3. The molecule has 0 atom stereocenters. The number of hydrogen-bond acceptors (Lipinski definition) is 6. The van der Waals surface area contributed by atoms with E-state index < -0.39 is 0 Å². The maximum atomic E-state index is 13.0. The molecule has 0 spiro atoms. The lowest BCUT2D eigenvalue weighted by atomic mass is 10.0. The summed E-state index contributed by atoms with van der Waals surface area (Å²) in [5.74, 6) is 0.504. The first-order valence-corrected chi connectivity index (χ1v) is 10.2. The van der Waals surface area contributed by atoms with Gasteiger partial charge in [-0.25, -0.2) is 4.98 Å². The van der Waals surface area contributed by atoms with Gasteiger partial charge in [0.2, 0.25) is 0 Å². The van der Waals surface area contributed by atoms with E-state index in [1.807, 2.05) is 55.6 Å². The average Bonchev–Trinajstić information content (AvgIpc) is 3.22. The predicted octanol–water partition coefficient (Wildman–Crippen LogP) is 5.14. The number of anilines is 1. The predicted molar refractivity (Wildman–Crippen MR) is 119 cm³/mol. The number of carbonyl (C=O) groups excluding carboxylic acids is 1. The molecule has 3 heterocycles. The van der Waals surface area contributed by atoms with Gasteiger partial charge < -0.3 is 4.74 Å². The molecule has 30 heavy (non-hydrogen) atoms. The number of aryl methyl sites for hydroxylation is 2. The molecule has 0 aliphatic rings. The highest BCUT2D eigenvalue weighted by Crippen LogP contribution is 2.29. The lowest BCUT2D eigenvalue weighted by molar-refractivity contribution is 0.102. The number of nitrogens with one attached hydrogen (secondary N) is 1. The van der Waals surface area contributed by atoms with Gasteiger partial charge in [-0.2, -0.15) is 0 Å². The highest BCUT2D eigenvalue weighted by molar-refractivity contribution is 7.14. The van der Waals surface area contributed by atoms with Crippen molar-refractivity contribution in [2.24, 2.45) is 0 Å². The Hall–Kier alpha value is -3.58. The maximum absolute atomic E-state index is 13.0. The van der Waals surface area contributed by atoms with Gasteiger partial charge in [-0.05, 0) is 61.9 Å². The average molecular weight is 417 g/mol. The summed E-state index contributed by atoms with van der Waals surface area (Å²) in [6.45, 7) is 3.90. The van der Waals surface area contributed by atoms with Crippen LogP contribution in [-0.2, 0) is 0 Å². The number of rotatable bonds is 5. The van der Waals surface area contributed by atoms with E-state index in [4.69, 9.17) is 4.74 Å². The van der Waals surface area contributed by atoms with E-state index in [1.54, 1.807) is 25.4 Å². The van der Waals surface area contributed by atoms with Gasteiger partial charge in [0.1, 0.15) is 11.4 Å². The minimum Gasteiger partial charge on any atom is -0.497 e. The van der Waals surface area contributed by atoms with Crippen LogP contribution in [-0.4, -0.2) is 28.0 Å². The number of amides is 1. The van der Waals surface area contributed by atoms with Crippen molar-refractivity contribution in [2.45, 2.75) is 13.8 Å². The van der Waals surface area contributed by atoms with Gasteiger partial charge in [-0.3, -0.25) is 20.1 Å². The van der Waals surface area contributed by atoms with Crippen LogP contribution >= 0.6 is 11.3 Å². The molecule has 0 bridgehead atoms. The summed E-state index contributed by atoms with van der Waals surface area (Å²) in [5.41, 5.74) is 5.39. The Morgan fingerprint density at radius 2 is 1.90 bits per heavy atom. The lowest BCUT2D eigenvalue weighted by Crippen LogP contribution is -2.14. The van der Waals surface area contributed by atoms with Crippen molar-refractivity contribution >= 4 is 22.4 Å². The third-order valence-corrected chi connectivity index (χ3v) is 5.37. The molecule has 0 aliphatic carbocycles. The van der Waals surface area contributed by atoms with Gasteiger partial charge in [0, 0.05) is 22.8 Å². The minimum absolute atomic E-state index is 0.258. The number of ether oxygens (including phenoxy) is 1. The number of pyridine rings is 2. The largest absolute Gasteiger partial charge is 0.497 e. The van der Waals surface area contributed by atoms with Crippen LogP contribution in [0.5, 0.6) is 5.75 Å². The normalized spacial score (nSPS) is 10.6. The molecule has 1 amide bonds. The summed E-state index contributed by atoms with van der Waals surface area (Å²) in [7, 11) is 1.63. The van der Waals surface area contributed by atoms with E-state index in [1.165, 1.54) is 11.3 Å². The Balaban J connectivity index is 1.61. The summed E-state index contributed by atoms with van der Waals surface area (Å²) in [6.07, 6.45) is 1.68. The van der Waals surface area contributed by atoms with Crippen molar-refractivity contribution in [3.05, 3.63) is 76.9 Å². The van der Waals surface area contributed by atoms with Gasteiger partial charge >= 0.3 is 0 Å². The van der Waals surface area contributed by atoms with Gasteiger partial charge in [-0.1, -0.05) is 6.07 Å². The first-order valence-electron chi connectivity index (χ1n) is 9.36. The Labute approximate surface area is 178 Å². The fraction of sp³-hybridized carbons (Fsp3) is 0.130. The van der Waals surface area contributed by atoms with Crippen LogP contribution in [0.3, 0.4) is 0 Å². The van der Waals surface area contributed by atoms with Crippen molar-refractivity contribution in [3.8, 4) is 28.4 Å². The summed E-state index contributed by atoms with van der Waals surface area (Å²) in [4.78, 5) is 26.5. The van der Waals surface area contributed by atoms with Gasteiger partial charge in [0.25, 0.3) is 5.91 Å². The Bertz CT molecular complexity index is 1220. The fourth-order valence-corrected chi connectivity index (χ4v) is 3.83. The molecule has 1 aromatic carbocycles. The highest BCUT2D eigenvalue weighted by atomic mass is 32.1. The van der Waals surface area contributed by atoms with Crippen LogP contribution < -0.4 is 10.1 Å². The van der Waals surface area contributed by atoms with Crippen LogP contribution in [0.15, 0.2) is 60.1 Å². The van der Waals surface area contributed by atoms with E-state index in [9.17, 15) is 4.79 Å². The van der Waals surface area contributed by atoms with Crippen LogP contribution in [0.25, 0.3) is 22.6 Å². The molecule has 1 N–H and O–H groups in total. The van der Waals surface area contributed by atoms with E-state index >= 15 is 0 Å². The second kappa shape index (κ2) is 8.42. The number of nitrogens with zero attached hydrogens (tertiary/aromatic N) is 3. The quantitative estimate of drug-likeness (QED) is 0.487. The molecule has 0 saturated heterocycles. The third kappa shape index (κ3) is 4.06. The zero-order valence-electron chi connectivity index (χ0n) is 16.8. The highest BCUT2D eigenvalue weighted by Gasteiger charge is 2.17. The van der Waals surface area contributed by atoms with Crippen molar-refractivity contribution in [3.63, 3.8) is 0 Å². The molecule has 3 aromatic heterocycles. The first kappa shape index (κ1) is 19.7. The number of benzene rings is 1. The molecular formula is C23H20N4O2S. The SMILES string of the molecule is COc1ccc(-c2ncccc2C(=O)Nc2nc(-c3cccc(C)n3)cs2)c(C)c1. The van der Waals surface area contributed by atoms with Crippen LogP contribution in [0.1, 0.15) is 21.6 Å². The first-order chi connectivity index (χ1) is 14.5. The maximum Gasteiger partial charge on any atom is 0.259 e. The molecule has 0 saturated carbocycles. The van der Waals surface area contributed by atoms with Gasteiger partial charge in [0.05, 0.1) is 24.1 Å². The van der Waals surface area contributed by atoms with Crippen molar-refractivity contribution in [1.29, 1.82) is 0 Å². The van der Waals surface area contributed by atoms with Gasteiger partial charge in [-0.15, -0.1) is 11.3 Å². The van der Waals surface area contributed by atoms with Crippen LogP contribution in [0.2, 0.25) is 0 Å². The summed E-state index contributed by atoms with van der Waals surface area (Å²) in [6, 6.07) is 15.0. The lowest BCUT2D eigenvalue weighted by Gasteiger charge is -2.11. The second-order valence-corrected chi connectivity index (χ2v) is 7.59. The molecule has 150 valence electrons. The summed E-state index contributed by atoms with van der Waals surface area (Å²) in [5, 5.41) is 5.29. The number of thiazole rings is 1. The zero-order chi connectivity index (χ0) is 21.1. The monoisotopic (exact) mass is 416 g/mol. The van der Waals surface area contributed by atoms with Crippen molar-refractivity contribution in [2.75, 3.05) is 12.4 Å². The standard InChI is InChI=1S/C23H20N4O2S/c1-14-12-16(29-3)9-10-17(14)21-18(7-5-11-24-21)22(28)27-23-26-20(13-30-23)19-8-4-6-15(2)25-19/h4-13H,1-3H3,(H,26,27,28). The summed E-state index contributed by atoms with van der Waals surface area (Å²) < 4.78 is 5.28. The molecule has 0 fully saturated rings. The molecule has 6 nitrogen and oxygen atoms in total. The molecule has 7 heteroatoms. The van der Waals surface area contributed by atoms with Crippen LogP contribution in [0, 0.1) is 13.8 Å². The second-order valence-electron chi connectivity index (χ2n) is 6.74. The van der Waals surface area contributed by atoms with E-state index in [0.29, 0.717) is 16.4 Å². The molecule has 4 rings (SSSR count). The zero-order valence-corrected chi connectivity index (χ0v) is 17.7. The third-order valence-electron chi connectivity index (χ3n) is 4.62. The smallest absolute Gasteiger partial charge is 0.259 e. The molecule has 0 radical (unpaired) electrons. The number of methoxy groups -OCH3 is 1.